The molecular formula is C10H8NO. The van der Waals surface area contributed by atoms with Gasteiger partial charge in [0.05, 0.1) is 5.70 Å². The predicted molar refractivity (Wildman–Crippen MR) is 46.6 cm³/mol. The van der Waals surface area contributed by atoms with E-state index in [2.05, 4.69) is 0 Å². The first-order valence-electron chi connectivity index (χ1n) is 3.83. The molecule has 0 N–H and O–H groups in total. The highest BCUT2D eigenvalue weighted by Gasteiger charge is 2.13. The molecule has 0 amide bonds. The maximum Gasteiger partial charge on any atom is 0.231 e. The molecule has 2 heterocycles. The van der Waals surface area contributed by atoms with Crippen LogP contribution >= 0.6 is 0 Å². The molecule has 0 aromatic heterocycles. The Labute approximate surface area is 71.2 Å². The summed E-state index contributed by atoms with van der Waals surface area (Å²) in [5.74, 6) is 0. The fourth-order valence-corrected chi connectivity index (χ4v) is 1.32. The summed E-state index contributed by atoms with van der Waals surface area (Å²) >= 11 is 0. The summed E-state index contributed by atoms with van der Waals surface area (Å²) in [5.41, 5.74) is 1.66. The van der Waals surface area contributed by atoms with Crippen molar-refractivity contribution in [1.82, 2.24) is 4.90 Å². The Morgan fingerprint density at radius 1 is 1.33 bits per heavy atom. The molecule has 2 heteroatoms. The molecule has 0 fully saturated rings. The number of fused-ring (bicyclic) bond motifs is 1. The van der Waals surface area contributed by atoms with Crippen molar-refractivity contribution in [1.29, 1.82) is 0 Å². The lowest BCUT2D eigenvalue weighted by Gasteiger charge is -2.23. The molecule has 0 atom stereocenters. The van der Waals surface area contributed by atoms with Gasteiger partial charge >= 0.3 is 0 Å². The van der Waals surface area contributed by atoms with Gasteiger partial charge in [-0.05, 0) is 18.6 Å². The lowest BCUT2D eigenvalue weighted by molar-refractivity contribution is 0.555. The van der Waals surface area contributed by atoms with E-state index in [1.54, 1.807) is 0 Å². The largest absolute Gasteiger partial charge is 0.324 e. The molecule has 0 saturated carbocycles. The van der Waals surface area contributed by atoms with Crippen molar-refractivity contribution < 1.29 is 4.79 Å². The average molecular weight is 158 g/mol. The van der Waals surface area contributed by atoms with E-state index in [0.29, 0.717) is 6.42 Å². The third-order valence-corrected chi connectivity index (χ3v) is 1.91. The van der Waals surface area contributed by atoms with Crippen LogP contribution in [-0.4, -0.2) is 11.2 Å². The maximum atomic E-state index is 10.5. The van der Waals surface area contributed by atoms with Crippen LogP contribution in [-0.2, 0) is 4.79 Å². The monoisotopic (exact) mass is 158 g/mol. The van der Waals surface area contributed by atoms with E-state index in [9.17, 15) is 4.79 Å². The summed E-state index contributed by atoms with van der Waals surface area (Å²) in [6.07, 6.45) is 14.2. The van der Waals surface area contributed by atoms with Crippen LogP contribution in [0.4, 0.5) is 0 Å². The van der Waals surface area contributed by atoms with Gasteiger partial charge in [-0.25, -0.2) is 0 Å². The lowest BCUT2D eigenvalue weighted by atomic mass is 10.1. The van der Waals surface area contributed by atoms with Gasteiger partial charge < -0.3 is 4.90 Å². The molecule has 0 saturated heterocycles. The summed E-state index contributed by atoms with van der Waals surface area (Å²) in [6.45, 7) is 0. The Morgan fingerprint density at radius 2 is 2.25 bits per heavy atom. The van der Waals surface area contributed by atoms with E-state index in [1.165, 1.54) is 0 Å². The minimum atomic E-state index is 0.688. The Kier molecular flexibility index (Phi) is 1.67. The van der Waals surface area contributed by atoms with Gasteiger partial charge in [0.15, 0.2) is 0 Å². The molecule has 0 bridgehead atoms. The van der Waals surface area contributed by atoms with Crippen LogP contribution in [0.15, 0.2) is 48.0 Å². The number of rotatable bonds is 1. The van der Waals surface area contributed by atoms with E-state index in [0.717, 1.165) is 11.3 Å². The van der Waals surface area contributed by atoms with Crippen molar-refractivity contribution in [2.45, 2.75) is 6.42 Å². The first-order valence-corrected chi connectivity index (χ1v) is 3.83. The standard InChI is InChI=1S/C10H8NO/c12-8-9-4-3-7-11-6-2-1-5-10(9)11/h1-3,5-7H,4H2. The molecule has 12 heavy (non-hydrogen) atoms. The van der Waals surface area contributed by atoms with Gasteiger partial charge in [0, 0.05) is 18.0 Å². The lowest BCUT2D eigenvalue weighted by Crippen LogP contribution is -2.15. The van der Waals surface area contributed by atoms with E-state index >= 15 is 0 Å². The Morgan fingerprint density at radius 3 is 3.08 bits per heavy atom. The molecule has 1 radical (unpaired) electrons. The zero-order chi connectivity index (χ0) is 8.39. The maximum absolute atomic E-state index is 10.5. The van der Waals surface area contributed by atoms with Crippen molar-refractivity contribution in [3.05, 3.63) is 48.0 Å². The van der Waals surface area contributed by atoms with Gasteiger partial charge in [0.2, 0.25) is 6.29 Å². The number of hydrogen-bond acceptors (Lipinski definition) is 2. The highest BCUT2D eigenvalue weighted by molar-refractivity contribution is 5.77. The molecule has 2 aliphatic heterocycles. The summed E-state index contributed by atoms with van der Waals surface area (Å²) in [6, 6.07) is 0. The second-order valence-corrected chi connectivity index (χ2v) is 2.66. The van der Waals surface area contributed by atoms with Crippen LogP contribution in [0.1, 0.15) is 6.42 Å². The van der Waals surface area contributed by atoms with Crippen LogP contribution < -0.4 is 0 Å². The summed E-state index contributed by atoms with van der Waals surface area (Å²) < 4.78 is 0. The van der Waals surface area contributed by atoms with Crippen molar-refractivity contribution in [3.8, 4) is 0 Å². The third kappa shape index (κ3) is 1.01. The van der Waals surface area contributed by atoms with Crippen molar-refractivity contribution in [2.75, 3.05) is 0 Å². The van der Waals surface area contributed by atoms with E-state index in [1.807, 2.05) is 47.9 Å². The van der Waals surface area contributed by atoms with Gasteiger partial charge in [0.1, 0.15) is 0 Å². The SMILES string of the molecule is O=[C]C1=C2C=CC=CN2C=CC1. The highest BCUT2D eigenvalue weighted by atomic mass is 16.1. The molecule has 2 rings (SSSR count). The van der Waals surface area contributed by atoms with Gasteiger partial charge in [-0.1, -0.05) is 12.2 Å². The van der Waals surface area contributed by atoms with Crippen LogP contribution in [0.5, 0.6) is 0 Å². The predicted octanol–water partition coefficient (Wildman–Crippen LogP) is 1.65. The number of carbonyl (C=O) groups excluding carboxylic acids is 1. The summed E-state index contributed by atoms with van der Waals surface area (Å²) in [4.78, 5) is 12.4. The topological polar surface area (TPSA) is 20.3 Å². The highest BCUT2D eigenvalue weighted by Crippen LogP contribution is 2.22. The number of hydrogen-bond donors (Lipinski definition) is 0. The fraction of sp³-hybridized carbons (Fsp3) is 0.100. The van der Waals surface area contributed by atoms with Crippen LogP contribution in [0, 0.1) is 0 Å². The molecule has 0 spiro atoms. The molecule has 2 nitrogen and oxygen atoms in total. The van der Waals surface area contributed by atoms with Gasteiger partial charge in [-0.3, -0.25) is 4.79 Å². The zero-order valence-corrected chi connectivity index (χ0v) is 6.53. The first-order chi connectivity index (χ1) is 5.92. The fourth-order valence-electron chi connectivity index (χ4n) is 1.32. The van der Waals surface area contributed by atoms with Crippen LogP contribution in [0.25, 0.3) is 0 Å². The summed E-state index contributed by atoms with van der Waals surface area (Å²) in [7, 11) is 0. The van der Waals surface area contributed by atoms with Crippen LogP contribution in [0.2, 0.25) is 0 Å². The molecule has 0 aromatic rings. The van der Waals surface area contributed by atoms with Crippen molar-refractivity contribution in [3.63, 3.8) is 0 Å². The van der Waals surface area contributed by atoms with Crippen LogP contribution in [0.3, 0.4) is 0 Å². The second-order valence-electron chi connectivity index (χ2n) is 2.66. The second kappa shape index (κ2) is 2.81. The molecule has 0 aromatic carbocycles. The molecular weight excluding hydrogens is 150 g/mol. The smallest absolute Gasteiger partial charge is 0.231 e. The summed E-state index contributed by atoms with van der Waals surface area (Å²) in [5, 5.41) is 0. The van der Waals surface area contributed by atoms with E-state index in [-0.39, 0.29) is 0 Å². The van der Waals surface area contributed by atoms with E-state index in [4.69, 9.17) is 0 Å². The van der Waals surface area contributed by atoms with Crippen molar-refractivity contribution in [2.24, 2.45) is 0 Å². The van der Waals surface area contributed by atoms with Crippen molar-refractivity contribution >= 4 is 6.29 Å². The number of nitrogens with zero attached hydrogens (tertiary/aromatic N) is 1. The first kappa shape index (κ1) is 7.10. The normalized spacial score (nSPS) is 19.8. The third-order valence-electron chi connectivity index (χ3n) is 1.91. The minimum absolute atomic E-state index is 0.688. The molecule has 0 unspecified atom stereocenters. The average Bonchev–Trinajstić information content (AvgIpc) is 2.17. The number of allylic oxidation sites excluding steroid dienone is 5. The van der Waals surface area contributed by atoms with E-state index < -0.39 is 0 Å². The molecule has 0 aliphatic carbocycles. The Balaban J connectivity index is 2.43. The molecule has 2 aliphatic rings. The van der Waals surface area contributed by atoms with Gasteiger partial charge in [-0.15, -0.1) is 0 Å². The van der Waals surface area contributed by atoms with Gasteiger partial charge in [0.25, 0.3) is 0 Å². The minimum Gasteiger partial charge on any atom is -0.324 e. The quantitative estimate of drug-likeness (QED) is 0.578. The molecule has 59 valence electrons. The van der Waals surface area contributed by atoms with Gasteiger partial charge in [-0.2, -0.15) is 0 Å². The zero-order valence-electron chi connectivity index (χ0n) is 6.53. The Bertz CT molecular complexity index is 321. The Hall–Kier alpha value is -1.57.